The van der Waals surface area contributed by atoms with Crippen molar-refractivity contribution < 1.29 is 18.9 Å². The van der Waals surface area contributed by atoms with Crippen molar-refractivity contribution in [1.29, 1.82) is 0 Å². The van der Waals surface area contributed by atoms with Crippen molar-refractivity contribution in [2.45, 2.75) is 64.2 Å². The number of hydrogen-bond donors (Lipinski definition) is 0. The topological polar surface area (TPSA) is 36.9 Å². The standard InChI is InChI=1S/C32H40O4/c1-33-21-11-15-29-25-32-30(16-12-22-34-2)26-31(29)35-23-9-5-3-7-13-27-17-19-28(20-18-27)14-8-4-6-10-24-36-32/h17-20,25-26H,3-10,13-14,21-24H2,1-2H3. The van der Waals surface area contributed by atoms with Gasteiger partial charge in [0.05, 0.1) is 24.3 Å². The van der Waals surface area contributed by atoms with Gasteiger partial charge in [-0.25, -0.2) is 0 Å². The highest BCUT2D eigenvalue weighted by Gasteiger charge is 2.11. The minimum absolute atomic E-state index is 0.369. The van der Waals surface area contributed by atoms with Gasteiger partial charge in [-0.15, -0.1) is 0 Å². The number of aryl methyl sites for hydroxylation is 2. The van der Waals surface area contributed by atoms with Gasteiger partial charge < -0.3 is 18.9 Å². The highest BCUT2D eigenvalue weighted by atomic mass is 16.5. The molecular formula is C32H40O4. The molecule has 4 aliphatic rings. The van der Waals surface area contributed by atoms with E-state index in [1.807, 2.05) is 12.1 Å². The predicted octanol–water partition coefficient (Wildman–Crippen LogP) is 6.36. The highest BCUT2D eigenvalue weighted by Crippen LogP contribution is 2.29. The Kier molecular flexibility index (Phi) is 12.8. The summed E-state index contributed by atoms with van der Waals surface area (Å²) in [5, 5.41) is 0. The van der Waals surface area contributed by atoms with Gasteiger partial charge in [-0.2, -0.15) is 0 Å². The van der Waals surface area contributed by atoms with Crippen LogP contribution in [0.3, 0.4) is 0 Å². The zero-order valence-electron chi connectivity index (χ0n) is 22.0. The van der Waals surface area contributed by atoms with Crippen LogP contribution in [0.1, 0.15) is 73.6 Å². The lowest BCUT2D eigenvalue weighted by Crippen LogP contribution is -2.04. The van der Waals surface area contributed by atoms with E-state index in [1.165, 1.54) is 36.8 Å². The van der Waals surface area contributed by atoms with E-state index in [2.05, 4.69) is 47.9 Å². The Labute approximate surface area is 217 Å². The first-order valence-corrected chi connectivity index (χ1v) is 13.3. The van der Waals surface area contributed by atoms with Crippen LogP contribution in [-0.2, 0) is 22.3 Å². The monoisotopic (exact) mass is 488 g/mol. The lowest BCUT2D eigenvalue weighted by atomic mass is 10.0. The van der Waals surface area contributed by atoms with E-state index in [1.54, 1.807) is 14.2 Å². The van der Waals surface area contributed by atoms with Crippen LogP contribution in [0, 0.1) is 23.7 Å². The molecule has 0 saturated heterocycles. The summed E-state index contributed by atoms with van der Waals surface area (Å²) in [6.45, 7) is 2.04. The Hall–Kier alpha value is -2.92. The summed E-state index contributed by atoms with van der Waals surface area (Å²) in [5.41, 5.74) is 4.50. The van der Waals surface area contributed by atoms with Gasteiger partial charge in [-0.3, -0.25) is 0 Å². The molecule has 0 N–H and O–H groups in total. The van der Waals surface area contributed by atoms with Crippen LogP contribution in [0.5, 0.6) is 11.5 Å². The molecule has 0 saturated carbocycles. The maximum absolute atomic E-state index is 6.20. The first kappa shape index (κ1) is 27.7. The first-order valence-electron chi connectivity index (χ1n) is 13.3. The molecule has 6 rings (SSSR count). The molecule has 0 aromatic heterocycles. The Morgan fingerprint density at radius 2 is 1.03 bits per heavy atom. The van der Waals surface area contributed by atoms with Crippen LogP contribution in [0.2, 0.25) is 0 Å². The molecule has 2 aromatic carbocycles. The second-order valence-corrected chi connectivity index (χ2v) is 9.16. The van der Waals surface area contributed by atoms with E-state index in [4.69, 9.17) is 18.9 Å². The van der Waals surface area contributed by atoms with Gasteiger partial charge in [0.15, 0.2) is 0 Å². The van der Waals surface area contributed by atoms with Crippen molar-refractivity contribution in [1.82, 2.24) is 0 Å². The van der Waals surface area contributed by atoms with Crippen molar-refractivity contribution >= 4 is 0 Å². The predicted molar refractivity (Wildman–Crippen MR) is 146 cm³/mol. The quantitative estimate of drug-likeness (QED) is 0.461. The van der Waals surface area contributed by atoms with Crippen molar-refractivity contribution in [2.24, 2.45) is 0 Å². The van der Waals surface area contributed by atoms with Crippen molar-refractivity contribution in [3.8, 4) is 35.2 Å². The highest BCUT2D eigenvalue weighted by molar-refractivity contribution is 5.58. The average molecular weight is 489 g/mol. The van der Waals surface area contributed by atoms with Crippen LogP contribution < -0.4 is 9.47 Å². The molecule has 4 heterocycles. The van der Waals surface area contributed by atoms with E-state index in [0.717, 1.165) is 61.2 Å². The molecule has 0 aliphatic carbocycles. The van der Waals surface area contributed by atoms with Crippen molar-refractivity contribution in [3.05, 3.63) is 58.7 Å². The third kappa shape index (κ3) is 9.98. The van der Waals surface area contributed by atoms with Crippen LogP contribution in [0.4, 0.5) is 0 Å². The maximum atomic E-state index is 6.20. The fraction of sp³-hybridized carbons (Fsp3) is 0.500. The molecule has 0 unspecified atom stereocenters. The van der Waals surface area contributed by atoms with Crippen LogP contribution in [-0.4, -0.2) is 40.6 Å². The van der Waals surface area contributed by atoms with Gasteiger partial charge in [0.2, 0.25) is 0 Å². The molecule has 36 heavy (non-hydrogen) atoms. The average Bonchev–Trinajstić information content (AvgIpc) is 2.89. The summed E-state index contributed by atoms with van der Waals surface area (Å²) in [6.07, 6.45) is 11.4. The van der Waals surface area contributed by atoms with E-state index in [9.17, 15) is 0 Å². The second-order valence-electron chi connectivity index (χ2n) is 9.16. The summed E-state index contributed by atoms with van der Waals surface area (Å²) < 4.78 is 22.6. The smallest absolute Gasteiger partial charge is 0.136 e. The van der Waals surface area contributed by atoms with Crippen LogP contribution >= 0.6 is 0 Å². The molecule has 4 heteroatoms. The minimum atomic E-state index is 0.369. The molecule has 0 spiro atoms. The zero-order chi connectivity index (χ0) is 25.3. The number of methoxy groups -OCH3 is 2. The lowest BCUT2D eigenvalue weighted by molar-refractivity contribution is 0.239. The molecule has 192 valence electrons. The third-order valence-electron chi connectivity index (χ3n) is 6.22. The molecule has 4 aliphatic heterocycles. The molecule has 2 aromatic rings. The van der Waals surface area contributed by atoms with Gasteiger partial charge in [0, 0.05) is 26.4 Å². The summed E-state index contributed by atoms with van der Waals surface area (Å²) in [4.78, 5) is 0. The van der Waals surface area contributed by atoms with Crippen molar-refractivity contribution in [3.63, 3.8) is 0 Å². The Morgan fingerprint density at radius 3 is 1.44 bits per heavy atom. The van der Waals surface area contributed by atoms with Gasteiger partial charge >= 0.3 is 0 Å². The van der Waals surface area contributed by atoms with E-state index in [-0.39, 0.29) is 0 Å². The van der Waals surface area contributed by atoms with Gasteiger partial charge in [-0.1, -0.05) is 73.6 Å². The second kappa shape index (κ2) is 16.7. The fourth-order valence-corrected chi connectivity index (χ4v) is 4.21. The number of ether oxygens (including phenoxy) is 4. The van der Waals surface area contributed by atoms with E-state index < -0.39 is 0 Å². The third-order valence-corrected chi connectivity index (χ3v) is 6.22. The lowest BCUT2D eigenvalue weighted by Gasteiger charge is -2.14. The Bertz CT molecular complexity index is 949. The van der Waals surface area contributed by atoms with Gasteiger partial charge in [0.1, 0.15) is 24.7 Å². The zero-order valence-corrected chi connectivity index (χ0v) is 22.0. The van der Waals surface area contributed by atoms with Gasteiger partial charge in [-0.05, 0) is 49.7 Å². The number of benzene rings is 2. The number of rotatable bonds is 2. The minimum Gasteiger partial charge on any atom is -0.492 e. The SMILES string of the molecule is COCC#Cc1cc2c(C#CCOC)cc1OCCCCCCc1ccc(cc1)CCCCCCO2. The molecule has 0 amide bonds. The molecule has 0 radical (unpaired) electrons. The van der Waals surface area contributed by atoms with E-state index in [0.29, 0.717) is 26.4 Å². The first-order chi connectivity index (χ1) is 17.8. The number of hydrogen-bond acceptors (Lipinski definition) is 4. The van der Waals surface area contributed by atoms with Crippen LogP contribution in [0.25, 0.3) is 0 Å². The fourth-order valence-electron chi connectivity index (χ4n) is 4.21. The Morgan fingerprint density at radius 1 is 0.611 bits per heavy atom. The molecule has 0 fully saturated rings. The summed E-state index contributed by atoms with van der Waals surface area (Å²) in [7, 11) is 3.29. The molecule has 4 bridgehead atoms. The summed E-state index contributed by atoms with van der Waals surface area (Å²) in [5.74, 6) is 14.0. The van der Waals surface area contributed by atoms with Gasteiger partial charge in [0.25, 0.3) is 0 Å². The van der Waals surface area contributed by atoms with E-state index >= 15 is 0 Å². The summed E-state index contributed by atoms with van der Waals surface area (Å²) in [6, 6.07) is 13.2. The molecular weight excluding hydrogens is 448 g/mol. The van der Waals surface area contributed by atoms with Crippen LogP contribution in [0.15, 0.2) is 36.4 Å². The molecule has 0 atom stereocenters. The maximum Gasteiger partial charge on any atom is 0.136 e. The normalized spacial score (nSPS) is 15.2. The molecule has 4 nitrogen and oxygen atoms in total. The van der Waals surface area contributed by atoms with Crippen molar-refractivity contribution in [2.75, 3.05) is 40.6 Å². The Balaban J connectivity index is 1.76. The summed E-state index contributed by atoms with van der Waals surface area (Å²) >= 11 is 0. The largest absolute Gasteiger partial charge is 0.492 e.